The molecule has 0 bridgehead atoms. The van der Waals surface area contributed by atoms with Crippen LogP contribution in [0, 0.1) is 18.6 Å². The smallest absolute Gasteiger partial charge is 0.144 e. The van der Waals surface area contributed by atoms with Crippen molar-refractivity contribution < 1.29 is 8.78 Å². The predicted molar refractivity (Wildman–Crippen MR) is 112 cm³/mol. The van der Waals surface area contributed by atoms with Gasteiger partial charge in [0.05, 0.1) is 23.1 Å². The van der Waals surface area contributed by atoms with Crippen molar-refractivity contribution >= 4 is 23.0 Å². The summed E-state index contributed by atoms with van der Waals surface area (Å²) >= 11 is 0. The molecule has 1 aromatic carbocycles. The highest BCUT2D eigenvalue weighted by atomic mass is 19.1. The van der Waals surface area contributed by atoms with E-state index in [0.29, 0.717) is 22.8 Å². The maximum Gasteiger partial charge on any atom is 0.144 e. The minimum Gasteiger partial charge on any atom is -0.354 e. The molecule has 30 heavy (non-hydrogen) atoms. The second-order valence-corrected chi connectivity index (χ2v) is 7.61. The number of anilines is 2. The number of piperazine rings is 1. The highest BCUT2D eigenvalue weighted by Crippen LogP contribution is 2.40. The molecule has 0 amide bonds. The van der Waals surface area contributed by atoms with Crippen LogP contribution in [0.1, 0.15) is 11.3 Å². The summed E-state index contributed by atoms with van der Waals surface area (Å²) in [6.45, 7) is 5.51. The summed E-state index contributed by atoms with van der Waals surface area (Å²) in [7, 11) is 2.10. The number of benzene rings is 1. The molecule has 0 radical (unpaired) electrons. The molecule has 0 aliphatic carbocycles. The zero-order valence-corrected chi connectivity index (χ0v) is 16.7. The van der Waals surface area contributed by atoms with Crippen molar-refractivity contribution in [1.82, 2.24) is 20.1 Å². The summed E-state index contributed by atoms with van der Waals surface area (Å²) < 4.78 is 28.9. The Kier molecular flexibility index (Phi) is 4.47. The van der Waals surface area contributed by atoms with Gasteiger partial charge in [-0.1, -0.05) is 6.07 Å². The Morgan fingerprint density at radius 2 is 1.80 bits per heavy atom. The van der Waals surface area contributed by atoms with Crippen molar-refractivity contribution in [3.8, 4) is 11.3 Å². The Hall–Kier alpha value is -3.33. The minimum absolute atomic E-state index is 0.0873. The van der Waals surface area contributed by atoms with Gasteiger partial charge in [0.15, 0.2) is 0 Å². The van der Waals surface area contributed by atoms with Gasteiger partial charge < -0.3 is 15.1 Å². The first-order valence-corrected chi connectivity index (χ1v) is 9.80. The van der Waals surface area contributed by atoms with Crippen LogP contribution in [0.4, 0.5) is 26.0 Å². The standard InChI is InChI=1S/C21H21F2N7/c1-12-19-20(28-27-12)13-10-17(30-8-6-29(2)7-9-30)24-11-16(13)25-21(26-19)18-14(22)4-3-5-15(18)23/h3-5,10-11H,6-9H2,1-2H3,(H,25,26)(H,27,28). The van der Waals surface area contributed by atoms with E-state index in [4.69, 9.17) is 0 Å². The molecule has 9 heteroatoms. The number of nitrogens with one attached hydrogen (secondary N) is 2. The highest BCUT2D eigenvalue weighted by Gasteiger charge is 2.26. The van der Waals surface area contributed by atoms with Crippen molar-refractivity contribution in [3.05, 3.63) is 53.4 Å². The van der Waals surface area contributed by atoms with Gasteiger partial charge in [-0.2, -0.15) is 5.10 Å². The van der Waals surface area contributed by atoms with E-state index in [9.17, 15) is 8.78 Å². The van der Waals surface area contributed by atoms with Gasteiger partial charge in [-0.25, -0.2) is 18.8 Å². The fourth-order valence-corrected chi connectivity index (χ4v) is 3.81. The van der Waals surface area contributed by atoms with Gasteiger partial charge in [-0.3, -0.25) is 5.10 Å². The van der Waals surface area contributed by atoms with Gasteiger partial charge in [0.1, 0.15) is 34.7 Å². The third-order valence-electron chi connectivity index (χ3n) is 5.56. The fourth-order valence-electron chi connectivity index (χ4n) is 3.81. The Bertz CT molecular complexity index is 1130. The number of aryl methyl sites for hydroxylation is 1. The summed E-state index contributed by atoms with van der Waals surface area (Å²) in [5.74, 6) is -0.441. The van der Waals surface area contributed by atoms with E-state index in [2.05, 4.69) is 42.3 Å². The summed E-state index contributed by atoms with van der Waals surface area (Å²) in [6.07, 6.45) is 1.68. The number of aromatic nitrogens is 3. The topological polar surface area (TPSA) is 72.4 Å². The first kappa shape index (κ1) is 18.7. The van der Waals surface area contributed by atoms with Crippen LogP contribution in [0.15, 0.2) is 35.5 Å². The zero-order chi connectivity index (χ0) is 20.8. The maximum absolute atomic E-state index is 14.5. The minimum atomic E-state index is -0.686. The number of hydrogen-bond donors (Lipinski definition) is 2. The Balaban J connectivity index is 1.62. The molecule has 1 fully saturated rings. The lowest BCUT2D eigenvalue weighted by Gasteiger charge is -2.33. The van der Waals surface area contributed by atoms with E-state index < -0.39 is 11.6 Å². The number of aliphatic imine (C=N–C) groups is 1. The third kappa shape index (κ3) is 3.11. The van der Waals surface area contributed by atoms with E-state index in [-0.39, 0.29) is 11.4 Å². The molecule has 0 saturated carbocycles. The molecule has 0 spiro atoms. The molecule has 2 aliphatic rings. The number of nitrogens with zero attached hydrogens (tertiary/aromatic N) is 5. The molecule has 2 aliphatic heterocycles. The molecular weight excluding hydrogens is 388 g/mol. The molecule has 5 rings (SSSR count). The van der Waals surface area contributed by atoms with Crippen LogP contribution in [-0.4, -0.2) is 59.1 Å². The van der Waals surface area contributed by atoms with Gasteiger partial charge in [0.2, 0.25) is 0 Å². The highest BCUT2D eigenvalue weighted by molar-refractivity contribution is 6.13. The van der Waals surface area contributed by atoms with Crippen molar-refractivity contribution in [2.75, 3.05) is 43.4 Å². The van der Waals surface area contributed by atoms with Gasteiger partial charge in [0.25, 0.3) is 0 Å². The Morgan fingerprint density at radius 1 is 1.07 bits per heavy atom. The van der Waals surface area contributed by atoms with Gasteiger partial charge in [-0.15, -0.1) is 0 Å². The van der Waals surface area contributed by atoms with Crippen LogP contribution >= 0.6 is 0 Å². The van der Waals surface area contributed by atoms with E-state index in [0.717, 1.165) is 37.6 Å². The molecule has 0 atom stereocenters. The number of pyridine rings is 1. The van der Waals surface area contributed by atoms with Crippen molar-refractivity contribution in [2.45, 2.75) is 6.92 Å². The molecular formula is C21H21F2N7. The van der Waals surface area contributed by atoms with Crippen LogP contribution in [0.25, 0.3) is 11.3 Å². The quantitative estimate of drug-likeness (QED) is 0.680. The fraction of sp³-hybridized carbons (Fsp3) is 0.286. The summed E-state index contributed by atoms with van der Waals surface area (Å²) in [4.78, 5) is 13.6. The molecule has 1 saturated heterocycles. The lowest BCUT2D eigenvalue weighted by atomic mass is 10.1. The number of H-pyrrole nitrogens is 1. The molecule has 3 aromatic rings. The van der Waals surface area contributed by atoms with Crippen molar-refractivity contribution in [1.29, 1.82) is 0 Å². The molecule has 7 nitrogen and oxygen atoms in total. The van der Waals surface area contributed by atoms with Crippen LogP contribution in [0.2, 0.25) is 0 Å². The average molecular weight is 409 g/mol. The number of amidine groups is 1. The number of halogens is 2. The number of aromatic amines is 1. The zero-order valence-electron chi connectivity index (χ0n) is 16.7. The van der Waals surface area contributed by atoms with E-state index in [1.54, 1.807) is 6.20 Å². The van der Waals surface area contributed by atoms with Crippen LogP contribution < -0.4 is 10.2 Å². The number of rotatable bonds is 2. The largest absolute Gasteiger partial charge is 0.354 e. The second-order valence-electron chi connectivity index (χ2n) is 7.61. The monoisotopic (exact) mass is 409 g/mol. The molecule has 154 valence electrons. The third-order valence-corrected chi connectivity index (χ3v) is 5.56. The van der Waals surface area contributed by atoms with Gasteiger partial charge in [-0.05, 0) is 32.2 Å². The number of hydrogen-bond acceptors (Lipinski definition) is 6. The van der Waals surface area contributed by atoms with E-state index in [1.165, 1.54) is 18.2 Å². The molecule has 2 N–H and O–H groups in total. The second kappa shape index (κ2) is 7.17. The van der Waals surface area contributed by atoms with Crippen LogP contribution in [-0.2, 0) is 0 Å². The Morgan fingerprint density at radius 3 is 2.53 bits per heavy atom. The average Bonchev–Trinajstić information content (AvgIpc) is 3.00. The maximum atomic E-state index is 14.5. The SMILES string of the molecule is Cc1[nH]nc2c1N=C(c1c(F)cccc1F)Nc1cnc(N3CCN(C)CC3)cc1-2. The van der Waals surface area contributed by atoms with Gasteiger partial charge in [0, 0.05) is 31.7 Å². The predicted octanol–water partition coefficient (Wildman–Crippen LogP) is 3.31. The molecule has 2 aromatic heterocycles. The van der Waals surface area contributed by atoms with Gasteiger partial charge >= 0.3 is 0 Å². The van der Waals surface area contributed by atoms with Crippen LogP contribution in [0.5, 0.6) is 0 Å². The normalized spacial score (nSPS) is 16.4. The van der Waals surface area contributed by atoms with Crippen molar-refractivity contribution in [2.24, 2.45) is 4.99 Å². The first-order valence-electron chi connectivity index (χ1n) is 9.80. The summed E-state index contributed by atoms with van der Waals surface area (Å²) in [5.41, 5.74) is 3.06. The molecule has 4 heterocycles. The lowest BCUT2D eigenvalue weighted by Crippen LogP contribution is -2.44. The first-order chi connectivity index (χ1) is 14.5. The van der Waals surface area contributed by atoms with Crippen molar-refractivity contribution in [3.63, 3.8) is 0 Å². The summed E-state index contributed by atoms with van der Waals surface area (Å²) in [5, 5.41) is 10.4. The Labute approximate surface area is 172 Å². The van der Waals surface area contributed by atoms with Crippen LogP contribution in [0.3, 0.4) is 0 Å². The number of likely N-dealkylation sites (N-methyl/N-ethyl adjacent to an activating group) is 1. The lowest BCUT2D eigenvalue weighted by molar-refractivity contribution is 0.312. The number of fused-ring (bicyclic) bond motifs is 3. The van der Waals surface area contributed by atoms with E-state index in [1.807, 2.05) is 13.0 Å². The summed E-state index contributed by atoms with van der Waals surface area (Å²) in [6, 6.07) is 5.72. The van der Waals surface area contributed by atoms with E-state index >= 15 is 0 Å². The molecule has 0 unspecified atom stereocenters.